The summed E-state index contributed by atoms with van der Waals surface area (Å²) in [6, 6.07) is 16.0. The van der Waals surface area contributed by atoms with Gasteiger partial charge in [-0.25, -0.2) is 14.6 Å². The average molecular weight is 360 g/mol. The second-order valence-electron chi connectivity index (χ2n) is 4.42. The number of carbonyl (C=O) groups is 1. The lowest BCUT2D eigenvalue weighted by Gasteiger charge is -2.17. The molecule has 1 heterocycles. The van der Waals surface area contributed by atoms with Crippen molar-refractivity contribution >= 4 is 56.4 Å². The van der Waals surface area contributed by atoms with Gasteiger partial charge >= 0.3 is 6.03 Å². The number of rotatable bonds is 2. The molecule has 4 nitrogen and oxygen atoms in total. The number of para-hydroxylation sites is 1. The zero-order valence-corrected chi connectivity index (χ0v) is 13.2. The fraction of sp³-hybridized carbons (Fsp3) is 0. The quantitative estimate of drug-likeness (QED) is 0.816. The first-order valence-corrected chi connectivity index (χ1v) is 7.37. The van der Waals surface area contributed by atoms with E-state index in [9.17, 15) is 4.79 Å². The van der Waals surface area contributed by atoms with Gasteiger partial charge in [-0.05, 0) is 36.4 Å². The van der Waals surface area contributed by atoms with Crippen LogP contribution in [0, 0.1) is 5.41 Å². The molecule has 0 aliphatic carbocycles. The Morgan fingerprint density at radius 2 is 1.48 bits per heavy atom. The van der Waals surface area contributed by atoms with Crippen molar-refractivity contribution in [2.45, 2.75) is 0 Å². The standard InChI is InChI=1S/C15H10BrN3OS/c16-10-6-8-12(9-7-10)18-13(17)14(21)19(15(18)20)11-4-2-1-3-5-11/h1-9,17H. The molecule has 104 valence electrons. The summed E-state index contributed by atoms with van der Waals surface area (Å²) in [5, 5.41) is 8.12. The number of amides is 2. The molecule has 0 spiro atoms. The summed E-state index contributed by atoms with van der Waals surface area (Å²) in [6.45, 7) is 0. The van der Waals surface area contributed by atoms with Crippen molar-refractivity contribution in [3.05, 3.63) is 59.1 Å². The third-order valence-corrected chi connectivity index (χ3v) is 4.02. The van der Waals surface area contributed by atoms with Crippen LogP contribution in [0.4, 0.5) is 16.2 Å². The van der Waals surface area contributed by atoms with Gasteiger partial charge in [-0.2, -0.15) is 0 Å². The van der Waals surface area contributed by atoms with Gasteiger partial charge in [0.15, 0.2) is 10.8 Å². The van der Waals surface area contributed by atoms with Gasteiger partial charge < -0.3 is 0 Å². The summed E-state index contributed by atoms with van der Waals surface area (Å²) < 4.78 is 0.909. The number of nitrogens with zero attached hydrogens (tertiary/aromatic N) is 2. The number of halogens is 1. The molecule has 1 aliphatic heterocycles. The van der Waals surface area contributed by atoms with Crippen LogP contribution in [0.5, 0.6) is 0 Å². The molecule has 1 fully saturated rings. The predicted octanol–water partition coefficient (Wildman–Crippen LogP) is 4.20. The Hall–Kier alpha value is -2.05. The lowest BCUT2D eigenvalue weighted by Crippen LogP contribution is -2.33. The van der Waals surface area contributed by atoms with Crippen molar-refractivity contribution in [2.75, 3.05) is 9.80 Å². The second-order valence-corrected chi connectivity index (χ2v) is 5.72. The molecular formula is C15H10BrN3OS. The van der Waals surface area contributed by atoms with E-state index >= 15 is 0 Å². The Labute approximate surface area is 135 Å². The maximum absolute atomic E-state index is 12.6. The van der Waals surface area contributed by atoms with E-state index in [2.05, 4.69) is 15.9 Å². The molecule has 0 atom stereocenters. The van der Waals surface area contributed by atoms with Crippen LogP contribution in [-0.4, -0.2) is 16.9 Å². The van der Waals surface area contributed by atoms with Gasteiger partial charge in [0.05, 0.1) is 11.4 Å². The van der Waals surface area contributed by atoms with Crippen LogP contribution >= 0.6 is 28.1 Å². The maximum atomic E-state index is 12.6. The van der Waals surface area contributed by atoms with E-state index < -0.39 is 0 Å². The van der Waals surface area contributed by atoms with Crippen LogP contribution in [0.15, 0.2) is 59.1 Å². The summed E-state index contributed by atoms with van der Waals surface area (Å²) in [5.74, 6) is 0.0150. The van der Waals surface area contributed by atoms with E-state index in [1.54, 1.807) is 24.3 Å². The summed E-state index contributed by atoms with van der Waals surface area (Å²) in [7, 11) is 0. The number of hydrogen-bond donors (Lipinski definition) is 1. The van der Waals surface area contributed by atoms with Gasteiger partial charge in [-0.15, -0.1) is 0 Å². The number of hydrogen-bond acceptors (Lipinski definition) is 3. The minimum atomic E-state index is -0.335. The zero-order valence-electron chi connectivity index (χ0n) is 10.8. The highest BCUT2D eigenvalue weighted by atomic mass is 79.9. The first-order chi connectivity index (χ1) is 10.1. The SMILES string of the molecule is N=C1C(=S)N(c2ccccc2)C(=O)N1c1ccc(Br)cc1. The molecule has 0 unspecified atom stereocenters. The Bertz CT molecular complexity index is 730. The van der Waals surface area contributed by atoms with Crippen molar-refractivity contribution < 1.29 is 4.79 Å². The van der Waals surface area contributed by atoms with E-state index in [1.165, 1.54) is 9.80 Å². The van der Waals surface area contributed by atoms with Crippen molar-refractivity contribution in [1.82, 2.24) is 0 Å². The fourth-order valence-electron chi connectivity index (χ4n) is 2.12. The van der Waals surface area contributed by atoms with E-state index in [4.69, 9.17) is 17.6 Å². The number of amidine groups is 1. The Balaban J connectivity index is 2.02. The van der Waals surface area contributed by atoms with Gasteiger partial charge in [0.25, 0.3) is 0 Å². The lowest BCUT2D eigenvalue weighted by molar-refractivity contribution is 0.257. The highest BCUT2D eigenvalue weighted by Gasteiger charge is 2.40. The monoisotopic (exact) mass is 359 g/mol. The smallest absolute Gasteiger partial charge is 0.281 e. The number of nitrogens with one attached hydrogen (secondary N) is 1. The number of anilines is 2. The van der Waals surface area contributed by atoms with E-state index in [-0.39, 0.29) is 16.9 Å². The summed E-state index contributed by atoms with van der Waals surface area (Å²) in [4.78, 5) is 15.5. The number of thiocarbonyl (C=S) groups is 1. The normalized spacial score (nSPS) is 15.0. The third-order valence-electron chi connectivity index (χ3n) is 3.11. The first kappa shape index (κ1) is 13.9. The molecular weight excluding hydrogens is 350 g/mol. The van der Waals surface area contributed by atoms with Crippen LogP contribution in [-0.2, 0) is 0 Å². The van der Waals surface area contributed by atoms with Gasteiger partial charge in [0.1, 0.15) is 0 Å². The molecule has 3 rings (SSSR count). The fourth-order valence-corrected chi connectivity index (χ4v) is 2.66. The largest absolute Gasteiger partial charge is 0.340 e. The van der Waals surface area contributed by atoms with Crippen LogP contribution in [0.25, 0.3) is 0 Å². The van der Waals surface area contributed by atoms with Crippen molar-refractivity contribution in [1.29, 1.82) is 5.41 Å². The topological polar surface area (TPSA) is 47.4 Å². The molecule has 1 N–H and O–H groups in total. The van der Waals surface area contributed by atoms with Crippen LogP contribution < -0.4 is 9.80 Å². The van der Waals surface area contributed by atoms with Gasteiger partial charge in [-0.1, -0.05) is 46.3 Å². The molecule has 0 radical (unpaired) electrons. The number of urea groups is 1. The number of benzene rings is 2. The molecule has 6 heteroatoms. The van der Waals surface area contributed by atoms with Gasteiger partial charge in [0.2, 0.25) is 0 Å². The van der Waals surface area contributed by atoms with Gasteiger partial charge in [0, 0.05) is 4.47 Å². The third kappa shape index (κ3) is 2.36. The summed E-state index contributed by atoms with van der Waals surface area (Å²) >= 11 is 8.61. The van der Waals surface area contributed by atoms with Crippen molar-refractivity contribution in [3.63, 3.8) is 0 Å². The molecule has 1 aliphatic rings. The van der Waals surface area contributed by atoms with Crippen molar-refractivity contribution in [3.8, 4) is 0 Å². The van der Waals surface area contributed by atoms with Gasteiger partial charge in [-0.3, -0.25) is 5.41 Å². The lowest BCUT2D eigenvalue weighted by atomic mass is 10.3. The predicted molar refractivity (Wildman–Crippen MR) is 91.3 cm³/mol. The Morgan fingerprint density at radius 1 is 0.905 bits per heavy atom. The maximum Gasteiger partial charge on any atom is 0.340 e. The summed E-state index contributed by atoms with van der Waals surface area (Å²) in [6.07, 6.45) is 0. The molecule has 2 amide bonds. The first-order valence-electron chi connectivity index (χ1n) is 6.17. The van der Waals surface area contributed by atoms with Crippen molar-refractivity contribution in [2.24, 2.45) is 0 Å². The van der Waals surface area contributed by atoms with E-state index in [1.807, 2.05) is 30.3 Å². The summed E-state index contributed by atoms with van der Waals surface area (Å²) in [5.41, 5.74) is 1.28. The molecule has 1 saturated heterocycles. The van der Waals surface area contributed by atoms with E-state index in [0.29, 0.717) is 11.4 Å². The minimum absolute atomic E-state index is 0.0150. The molecule has 0 aromatic heterocycles. The Kier molecular flexibility index (Phi) is 3.57. The number of carbonyl (C=O) groups excluding carboxylic acids is 1. The molecule has 2 aromatic rings. The molecule has 21 heavy (non-hydrogen) atoms. The second kappa shape index (κ2) is 5.38. The van der Waals surface area contributed by atoms with E-state index in [0.717, 1.165) is 4.47 Å². The molecule has 2 aromatic carbocycles. The molecule has 0 bridgehead atoms. The van der Waals surface area contributed by atoms with Crippen LogP contribution in [0.2, 0.25) is 0 Å². The molecule has 0 saturated carbocycles. The minimum Gasteiger partial charge on any atom is -0.281 e. The zero-order chi connectivity index (χ0) is 15.0. The van der Waals surface area contributed by atoms with Crippen LogP contribution in [0.3, 0.4) is 0 Å². The van der Waals surface area contributed by atoms with Crippen LogP contribution in [0.1, 0.15) is 0 Å². The highest BCUT2D eigenvalue weighted by molar-refractivity contribution is 9.10. The average Bonchev–Trinajstić information content (AvgIpc) is 2.72. The Morgan fingerprint density at radius 3 is 2.10 bits per heavy atom. The highest BCUT2D eigenvalue weighted by Crippen LogP contribution is 2.28.